The highest BCUT2D eigenvalue weighted by Crippen LogP contribution is 1.98. The molecule has 0 unspecified atom stereocenters. The summed E-state index contributed by atoms with van der Waals surface area (Å²) in [5.41, 5.74) is 0.567. The fraction of sp³-hybridized carbons (Fsp3) is 0.500. The van der Waals surface area contributed by atoms with E-state index in [0.29, 0.717) is 5.69 Å². The predicted molar refractivity (Wildman–Crippen MR) is 72.8 cm³/mol. The zero-order chi connectivity index (χ0) is 15.9. The van der Waals surface area contributed by atoms with E-state index in [4.69, 9.17) is 10.2 Å². The minimum absolute atomic E-state index is 0.0555. The number of aliphatic carboxylic acids is 1. The van der Waals surface area contributed by atoms with Gasteiger partial charge in [0.25, 0.3) is 0 Å². The number of nitrogens with one attached hydrogen (secondary N) is 3. The molecule has 0 fully saturated rings. The number of imidazole rings is 1. The van der Waals surface area contributed by atoms with E-state index in [1.165, 1.54) is 12.5 Å². The molecule has 0 aliphatic heterocycles. The molecule has 1 aromatic rings. The number of urea groups is 1. The van der Waals surface area contributed by atoms with E-state index in [2.05, 4.69) is 20.6 Å². The molecule has 10 nitrogen and oxygen atoms in total. The Balaban J connectivity index is 2.37. The summed E-state index contributed by atoms with van der Waals surface area (Å²) in [4.78, 5) is 29.1. The minimum Gasteiger partial charge on any atom is -0.480 e. The highest BCUT2D eigenvalue weighted by atomic mass is 32.2. The van der Waals surface area contributed by atoms with E-state index < -0.39 is 28.1 Å². The lowest BCUT2D eigenvalue weighted by Crippen LogP contribution is -2.47. The van der Waals surface area contributed by atoms with E-state index in [9.17, 15) is 18.0 Å². The first-order chi connectivity index (χ1) is 9.78. The third-order valence-electron chi connectivity index (χ3n) is 2.47. The summed E-state index contributed by atoms with van der Waals surface area (Å²) in [5.74, 6) is -1.45. The molecule has 21 heavy (non-hydrogen) atoms. The normalized spacial score (nSPS) is 12.6. The highest BCUT2D eigenvalue weighted by Gasteiger charge is 2.20. The molecule has 0 spiro atoms. The SMILES string of the molecule is NS(=O)(=O)CCCNC(=O)N[C@@H](Cc1cnc[nH]1)C(=O)O. The number of primary sulfonamides is 1. The van der Waals surface area contributed by atoms with Crippen LogP contribution in [0.5, 0.6) is 0 Å². The maximum Gasteiger partial charge on any atom is 0.326 e. The minimum atomic E-state index is -3.57. The summed E-state index contributed by atoms with van der Waals surface area (Å²) in [6.07, 6.45) is 3.06. The predicted octanol–water partition coefficient (Wildman–Crippen LogP) is -1.62. The molecular weight excluding hydrogens is 302 g/mol. The Kier molecular flexibility index (Phi) is 6.11. The summed E-state index contributed by atoms with van der Waals surface area (Å²) in [7, 11) is -3.57. The average molecular weight is 319 g/mol. The maximum atomic E-state index is 11.5. The van der Waals surface area contributed by atoms with Gasteiger partial charge in [-0.25, -0.2) is 28.1 Å². The number of H-pyrrole nitrogens is 1. The molecule has 0 radical (unpaired) electrons. The van der Waals surface area contributed by atoms with Crippen LogP contribution in [0, 0.1) is 0 Å². The number of carbonyl (C=O) groups excluding carboxylic acids is 1. The standard InChI is InChI=1S/C10H17N5O5S/c11-21(19,20)3-1-2-13-10(18)15-8(9(16)17)4-7-5-12-6-14-7/h5-6,8H,1-4H2,(H,12,14)(H,16,17)(H2,11,19,20)(H2,13,15,18)/t8-/m0/s1. The fourth-order valence-corrected chi connectivity index (χ4v) is 2.05. The third kappa shape index (κ3) is 7.27. The van der Waals surface area contributed by atoms with Gasteiger partial charge in [-0.15, -0.1) is 0 Å². The molecule has 0 aliphatic carbocycles. The van der Waals surface area contributed by atoms with Gasteiger partial charge in [0.15, 0.2) is 0 Å². The second-order valence-electron chi connectivity index (χ2n) is 4.29. The lowest BCUT2D eigenvalue weighted by Gasteiger charge is -2.14. The first-order valence-electron chi connectivity index (χ1n) is 6.03. The molecule has 2 amide bonds. The number of sulfonamides is 1. The number of amides is 2. The van der Waals surface area contributed by atoms with Gasteiger partial charge in [-0.2, -0.15) is 0 Å². The molecule has 0 aromatic carbocycles. The molecule has 0 aliphatic rings. The Labute approximate surface area is 121 Å². The largest absolute Gasteiger partial charge is 0.480 e. The van der Waals surface area contributed by atoms with Crippen LogP contribution in [0.15, 0.2) is 12.5 Å². The molecule has 1 rings (SSSR count). The van der Waals surface area contributed by atoms with E-state index in [1.54, 1.807) is 0 Å². The van der Waals surface area contributed by atoms with Crippen LogP contribution < -0.4 is 15.8 Å². The highest BCUT2D eigenvalue weighted by molar-refractivity contribution is 7.89. The van der Waals surface area contributed by atoms with Gasteiger partial charge >= 0.3 is 12.0 Å². The molecule has 1 aromatic heterocycles. The number of nitrogens with two attached hydrogens (primary N) is 1. The summed E-state index contributed by atoms with van der Waals surface area (Å²) in [6, 6.07) is -1.82. The van der Waals surface area contributed by atoms with Crippen molar-refractivity contribution < 1.29 is 23.1 Å². The first kappa shape index (κ1) is 16.9. The van der Waals surface area contributed by atoms with Crippen molar-refractivity contribution in [2.24, 2.45) is 5.14 Å². The Morgan fingerprint density at radius 2 is 2.19 bits per heavy atom. The summed E-state index contributed by atoms with van der Waals surface area (Å²) in [6.45, 7) is 0.0681. The third-order valence-corrected chi connectivity index (χ3v) is 3.33. The van der Waals surface area contributed by atoms with Gasteiger partial charge in [0.2, 0.25) is 10.0 Å². The van der Waals surface area contributed by atoms with Gasteiger partial charge in [-0.3, -0.25) is 0 Å². The van der Waals surface area contributed by atoms with Crippen LogP contribution in [-0.2, 0) is 21.2 Å². The second-order valence-corrected chi connectivity index (χ2v) is 6.03. The van der Waals surface area contributed by atoms with Gasteiger partial charge in [0.05, 0.1) is 12.1 Å². The molecule has 118 valence electrons. The van der Waals surface area contributed by atoms with Crippen LogP contribution in [0.3, 0.4) is 0 Å². The Hall–Kier alpha value is -2.14. The van der Waals surface area contributed by atoms with E-state index in [-0.39, 0.29) is 25.1 Å². The van der Waals surface area contributed by atoms with Gasteiger partial charge in [0.1, 0.15) is 6.04 Å². The number of carboxylic acid groups (broad SMARTS) is 1. The number of hydrogen-bond acceptors (Lipinski definition) is 5. The monoisotopic (exact) mass is 319 g/mol. The van der Waals surface area contributed by atoms with Gasteiger partial charge in [0, 0.05) is 24.9 Å². The smallest absolute Gasteiger partial charge is 0.326 e. The van der Waals surface area contributed by atoms with Gasteiger partial charge < -0.3 is 20.7 Å². The van der Waals surface area contributed by atoms with Crippen LogP contribution in [0.4, 0.5) is 4.79 Å². The second kappa shape index (κ2) is 7.59. The van der Waals surface area contributed by atoms with E-state index in [0.717, 1.165) is 0 Å². The van der Waals surface area contributed by atoms with Crippen molar-refractivity contribution in [3.8, 4) is 0 Å². The van der Waals surface area contributed by atoms with Crippen LogP contribution in [0.2, 0.25) is 0 Å². The maximum absolute atomic E-state index is 11.5. The molecule has 0 saturated carbocycles. The number of aromatic nitrogens is 2. The quantitative estimate of drug-likeness (QED) is 0.361. The Morgan fingerprint density at radius 3 is 2.71 bits per heavy atom. The van der Waals surface area contributed by atoms with Crippen molar-refractivity contribution in [2.45, 2.75) is 18.9 Å². The number of nitrogens with zero attached hydrogens (tertiary/aromatic N) is 1. The van der Waals surface area contributed by atoms with Crippen molar-refractivity contribution in [3.63, 3.8) is 0 Å². The number of aromatic amines is 1. The molecule has 11 heteroatoms. The molecule has 1 heterocycles. The Morgan fingerprint density at radius 1 is 1.48 bits per heavy atom. The Bertz CT molecular complexity index is 571. The lowest BCUT2D eigenvalue weighted by atomic mass is 10.2. The summed E-state index contributed by atoms with van der Waals surface area (Å²) in [5, 5.41) is 18.5. The van der Waals surface area contributed by atoms with Gasteiger partial charge in [-0.1, -0.05) is 0 Å². The number of rotatable bonds is 8. The average Bonchev–Trinajstić information content (AvgIpc) is 2.85. The van der Waals surface area contributed by atoms with Crippen molar-refractivity contribution >= 4 is 22.0 Å². The van der Waals surface area contributed by atoms with Crippen molar-refractivity contribution in [1.29, 1.82) is 0 Å². The zero-order valence-corrected chi connectivity index (χ0v) is 11.9. The molecule has 1 atom stereocenters. The lowest BCUT2D eigenvalue weighted by molar-refractivity contribution is -0.139. The summed E-state index contributed by atoms with van der Waals surface area (Å²) >= 11 is 0. The van der Waals surface area contributed by atoms with Crippen LogP contribution in [0.25, 0.3) is 0 Å². The summed E-state index contributed by atoms with van der Waals surface area (Å²) < 4.78 is 21.4. The number of hydrogen-bond donors (Lipinski definition) is 5. The topological polar surface area (TPSA) is 167 Å². The number of carbonyl (C=O) groups is 2. The van der Waals surface area contributed by atoms with Gasteiger partial charge in [-0.05, 0) is 6.42 Å². The first-order valence-corrected chi connectivity index (χ1v) is 7.74. The molecule has 0 bridgehead atoms. The van der Waals surface area contributed by atoms with Crippen molar-refractivity contribution in [1.82, 2.24) is 20.6 Å². The fourth-order valence-electron chi connectivity index (χ4n) is 1.50. The van der Waals surface area contributed by atoms with E-state index in [1.807, 2.05) is 0 Å². The van der Waals surface area contributed by atoms with Crippen LogP contribution in [-0.4, -0.2) is 53.8 Å². The molecule has 6 N–H and O–H groups in total. The van der Waals surface area contributed by atoms with Crippen molar-refractivity contribution in [2.75, 3.05) is 12.3 Å². The van der Waals surface area contributed by atoms with Crippen LogP contribution in [0.1, 0.15) is 12.1 Å². The van der Waals surface area contributed by atoms with Crippen molar-refractivity contribution in [3.05, 3.63) is 18.2 Å². The van der Waals surface area contributed by atoms with Crippen LogP contribution >= 0.6 is 0 Å². The molecule has 0 saturated heterocycles. The molecular formula is C10H17N5O5S. The number of carboxylic acids is 1. The zero-order valence-electron chi connectivity index (χ0n) is 11.1. The van der Waals surface area contributed by atoms with E-state index >= 15 is 0 Å².